The van der Waals surface area contributed by atoms with Crippen LogP contribution in [-0.2, 0) is 6.54 Å². The Morgan fingerprint density at radius 1 is 0.947 bits per heavy atom. The van der Waals surface area contributed by atoms with E-state index in [9.17, 15) is 10.2 Å². The van der Waals surface area contributed by atoms with Gasteiger partial charge < -0.3 is 25.6 Å². The Morgan fingerprint density at radius 3 is 2.26 bits per heavy atom. The standard InChI is InChI=1S/C13H14BNO4/c16-12-5-6-13(17)9(7-12)8-15-11-3-1-10(2-4-11)14(18)19/h1-7,15-19H,8H2. The summed E-state index contributed by atoms with van der Waals surface area (Å²) >= 11 is 0. The number of phenols is 2. The SMILES string of the molecule is OB(O)c1ccc(NCc2cc(O)ccc2O)cc1. The highest BCUT2D eigenvalue weighted by Gasteiger charge is 2.09. The van der Waals surface area contributed by atoms with Crippen molar-refractivity contribution < 1.29 is 20.3 Å². The van der Waals surface area contributed by atoms with Gasteiger partial charge in [-0.05, 0) is 35.8 Å². The van der Waals surface area contributed by atoms with Crippen molar-refractivity contribution in [2.45, 2.75) is 6.54 Å². The molecule has 0 aliphatic carbocycles. The molecule has 0 atom stereocenters. The van der Waals surface area contributed by atoms with Crippen LogP contribution < -0.4 is 10.8 Å². The molecule has 19 heavy (non-hydrogen) atoms. The molecule has 0 aliphatic rings. The van der Waals surface area contributed by atoms with Gasteiger partial charge in [-0.3, -0.25) is 0 Å². The van der Waals surface area contributed by atoms with Crippen LogP contribution in [0, 0.1) is 0 Å². The monoisotopic (exact) mass is 259 g/mol. The van der Waals surface area contributed by atoms with E-state index in [4.69, 9.17) is 10.0 Å². The largest absolute Gasteiger partial charge is 0.508 e. The summed E-state index contributed by atoms with van der Waals surface area (Å²) in [5.74, 6) is 0.195. The van der Waals surface area contributed by atoms with Crippen molar-refractivity contribution in [2.75, 3.05) is 5.32 Å². The zero-order chi connectivity index (χ0) is 13.8. The van der Waals surface area contributed by atoms with Gasteiger partial charge in [-0.15, -0.1) is 0 Å². The van der Waals surface area contributed by atoms with Crippen molar-refractivity contribution in [3.63, 3.8) is 0 Å². The van der Waals surface area contributed by atoms with Gasteiger partial charge in [0.15, 0.2) is 0 Å². The molecular weight excluding hydrogens is 245 g/mol. The minimum atomic E-state index is -1.48. The summed E-state index contributed by atoms with van der Waals surface area (Å²) in [6, 6.07) is 10.9. The zero-order valence-corrected chi connectivity index (χ0v) is 10.1. The van der Waals surface area contributed by atoms with Crippen LogP contribution >= 0.6 is 0 Å². The first kappa shape index (κ1) is 13.3. The molecule has 0 fully saturated rings. The molecular formula is C13H14BNO4. The molecule has 98 valence electrons. The summed E-state index contributed by atoms with van der Waals surface area (Å²) < 4.78 is 0. The first-order valence-corrected chi connectivity index (χ1v) is 5.77. The highest BCUT2D eigenvalue weighted by molar-refractivity contribution is 6.58. The third-order valence-corrected chi connectivity index (χ3v) is 2.75. The van der Waals surface area contributed by atoms with E-state index in [0.29, 0.717) is 17.6 Å². The quantitative estimate of drug-likeness (QED) is 0.404. The summed E-state index contributed by atoms with van der Waals surface area (Å²) in [6.07, 6.45) is 0. The maximum absolute atomic E-state index is 9.61. The molecule has 0 saturated heterocycles. The van der Waals surface area contributed by atoms with Crippen molar-refractivity contribution in [2.24, 2.45) is 0 Å². The predicted octanol–water partition coefficient (Wildman–Crippen LogP) is 0.390. The number of hydrogen-bond acceptors (Lipinski definition) is 5. The Kier molecular flexibility index (Phi) is 3.94. The van der Waals surface area contributed by atoms with E-state index in [1.807, 2.05) is 0 Å². The fraction of sp³-hybridized carbons (Fsp3) is 0.0769. The molecule has 2 aromatic rings. The Balaban J connectivity index is 2.04. The fourth-order valence-corrected chi connectivity index (χ4v) is 1.68. The summed E-state index contributed by atoms with van der Waals surface area (Å²) in [5, 5.41) is 39.9. The smallest absolute Gasteiger partial charge is 0.488 e. The molecule has 0 saturated carbocycles. The van der Waals surface area contributed by atoms with Crippen LogP contribution in [0.25, 0.3) is 0 Å². The van der Waals surface area contributed by atoms with Gasteiger partial charge in [0.25, 0.3) is 0 Å². The van der Waals surface area contributed by atoms with Gasteiger partial charge in [-0.1, -0.05) is 12.1 Å². The van der Waals surface area contributed by atoms with E-state index in [0.717, 1.165) is 5.69 Å². The Hall–Kier alpha value is -2.18. The van der Waals surface area contributed by atoms with Gasteiger partial charge in [-0.25, -0.2) is 0 Å². The van der Waals surface area contributed by atoms with Gasteiger partial charge in [0, 0.05) is 17.8 Å². The Bertz CT molecular complexity index is 557. The number of aromatic hydroxyl groups is 2. The van der Waals surface area contributed by atoms with Gasteiger partial charge in [-0.2, -0.15) is 0 Å². The highest BCUT2D eigenvalue weighted by atomic mass is 16.4. The number of rotatable bonds is 4. The minimum Gasteiger partial charge on any atom is -0.508 e. The average Bonchev–Trinajstić information content (AvgIpc) is 2.40. The molecule has 0 amide bonds. The summed E-state index contributed by atoms with van der Waals surface area (Å²) in [5.41, 5.74) is 1.75. The molecule has 2 rings (SSSR count). The van der Waals surface area contributed by atoms with Gasteiger partial charge in [0.1, 0.15) is 11.5 Å². The van der Waals surface area contributed by atoms with Crippen molar-refractivity contribution in [3.8, 4) is 11.5 Å². The molecule has 5 N–H and O–H groups in total. The third kappa shape index (κ3) is 3.40. The molecule has 0 spiro atoms. The maximum atomic E-state index is 9.61. The zero-order valence-electron chi connectivity index (χ0n) is 10.1. The predicted molar refractivity (Wildman–Crippen MR) is 73.4 cm³/mol. The second-order valence-corrected chi connectivity index (χ2v) is 4.16. The van der Waals surface area contributed by atoms with E-state index in [1.54, 1.807) is 24.3 Å². The van der Waals surface area contributed by atoms with E-state index < -0.39 is 7.12 Å². The van der Waals surface area contributed by atoms with Crippen LogP contribution in [0.3, 0.4) is 0 Å². The van der Waals surface area contributed by atoms with Crippen LogP contribution in [0.5, 0.6) is 11.5 Å². The van der Waals surface area contributed by atoms with Crippen LogP contribution in [-0.4, -0.2) is 27.4 Å². The van der Waals surface area contributed by atoms with Crippen LogP contribution in [0.15, 0.2) is 42.5 Å². The topological polar surface area (TPSA) is 93.0 Å². The molecule has 0 aromatic heterocycles. The van der Waals surface area contributed by atoms with Crippen molar-refractivity contribution in [1.29, 1.82) is 0 Å². The molecule has 0 radical (unpaired) electrons. The number of benzene rings is 2. The fourth-order valence-electron chi connectivity index (χ4n) is 1.68. The maximum Gasteiger partial charge on any atom is 0.488 e. The Labute approximate surface area is 110 Å². The van der Waals surface area contributed by atoms with Gasteiger partial charge in [0.05, 0.1) is 0 Å². The lowest BCUT2D eigenvalue weighted by Crippen LogP contribution is -2.29. The lowest BCUT2D eigenvalue weighted by molar-refractivity contribution is 0.426. The first-order valence-electron chi connectivity index (χ1n) is 5.77. The van der Waals surface area contributed by atoms with Crippen LogP contribution in [0.2, 0.25) is 0 Å². The normalized spacial score (nSPS) is 10.2. The lowest BCUT2D eigenvalue weighted by atomic mass is 9.80. The highest BCUT2D eigenvalue weighted by Crippen LogP contribution is 2.22. The summed E-state index contributed by atoms with van der Waals surface area (Å²) in [4.78, 5) is 0. The van der Waals surface area contributed by atoms with Gasteiger partial charge >= 0.3 is 7.12 Å². The van der Waals surface area contributed by atoms with E-state index in [-0.39, 0.29) is 11.5 Å². The molecule has 0 bridgehead atoms. The van der Waals surface area contributed by atoms with Crippen molar-refractivity contribution in [1.82, 2.24) is 0 Å². The van der Waals surface area contributed by atoms with E-state index in [2.05, 4.69) is 5.32 Å². The second-order valence-electron chi connectivity index (χ2n) is 4.16. The summed E-state index contributed by atoms with van der Waals surface area (Å²) in [7, 11) is -1.48. The number of hydrogen-bond donors (Lipinski definition) is 5. The third-order valence-electron chi connectivity index (χ3n) is 2.75. The summed E-state index contributed by atoms with van der Waals surface area (Å²) in [6.45, 7) is 0.348. The van der Waals surface area contributed by atoms with Gasteiger partial charge in [0.2, 0.25) is 0 Å². The lowest BCUT2D eigenvalue weighted by Gasteiger charge is -2.09. The number of nitrogens with one attached hydrogen (secondary N) is 1. The van der Waals surface area contributed by atoms with Crippen LogP contribution in [0.4, 0.5) is 5.69 Å². The van der Waals surface area contributed by atoms with E-state index in [1.165, 1.54) is 18.2 Å². The molecule has 5 nitrogen and oxygen atoms in total. The molecule has 0 aliphatic heterocycles. The molecule has 0 heterocycles. The molecule has 0 unspecified atom stereocenters. The minimum absolute atomic E-state index is 0.0911. The van der Waals surface area contributed by atoms with E-state index >= 15 is 0 Å². The molecule has 6 heteroatoms. The van der Waals surface area contributed by atoms with Crippen molar-refractivity contribution >= 4 is 18.3 Å². The average molecular weight is 259 g/mol. The number of phenolic OH excluding ortho intramolecular Hbond substituents is 2. The van der Waals surface area contributed by atoms with Crippen LogP contribution in [0.1, 0.15) is 5.56 Å². The number of anilines is 1. The van der Waals surface area contributed by atoms with Crippen molar-refractivity contribution in [3.05, 3.63) is 48.0 Å². The Morgan fingerprint density at radius 2 is 1.63 bits per heavy atom. The molecule has 2 aromatic carbocycles. The second kappa shape index (κ2) is 5.64. The first-order chi connectivity index (χ1) is 9.06.